The second-order valence-corrected chi connectivity index (χ2v) is 7.22. The number of benzene rings is 1. The molecule has 1 fully saturated rings. The number of nitrogens with one attached hydrogen (secondary N) is 1. The summed E-state index contributed by atoms with van der Waals surface area (Å²) >= 11 is 6.12. The van der Waals surface area contributed by atoms with Crippen molar-refractivity contribution in [3.63, 3.8) is 0 Å². The number of nitrogens with zero attached hydrogens (tertiary/aromatic N) is 3. The number of hydrogen-bond acceptors (Lipinski definition) is 4. The number of hydrogen-bond donors (Lipinski definition) is 1. The van der Waals surface area contributed by atoms with Gasteiger partial charge in [0.1, 0.15) is 11.5 Å². The van der Waals surface area contributed by atoms with Crippen molar-refractivity contribution in [3.8, 4) is 0 Å². The third-order valence-electron chi connectivity index (χ3n) is 4.75. The predicted octanol–water partition coefficient (Wildman–Crippen LogP) is 2.92. The zero-order valence-corrected chi connectivity index (χ0v) is 16.3. The van der Waals surface area contributed by atoms with Gasteiger partial charge in [0.25, 0.3) is 5.91 Å². The van der Waals surface area contributed by atoms with E-state index < -0.39 is 0 Å². The molecule has 1 aromatic heterocycles. The van der Waals surface area contributed by atoms with Gasteiger partial charge in [-0.05, 0) is 44.4 Å². The summed E-state index contributed by atoms with van der Waals surface area (Å²) in [7, 11) is 0. The Balaban J connectivity index is 1.53. The summed E-state index contributed by atoms with van der Waals surface area (Å²) in [5.41, 5.74) is 2.09. The molecule has 0 atom stereocenters. The Morgan fingerprint density at radius 1 is 1.19 bits per heavy atom. The van der Waals surface area contributed by atoms with Gasteiger partial charge in [-0.15, -0.1) is 0 Å². The quantitative estimate of drug-likeness (QED) is 0.876. The number of amides is 2. The van der Waals surface area contributed by atoms with E-state index in [2.05, 4.69) is 15.3 Å². The molecule has 1 aliphatic rings. The van der Waals surface area contributed by atoms with Gasteiger partial charge in [-0.1, -0.05) is 29.8 Å². The van der Waals surface area contributed by atoms with Crippen LogP contribution in [0, 0.1) is 19.8 Å². The van der Waals surface area contributed by atoms with Crippen molar-refractivity contribution in [1.29, 1.82) is 0 Å². The van der Waals surface area contributed by atoms with E-state index in [0.717, 1.165) is 11.3 Å². The first-order valence-corrected chi connectivity index (χ1v) is 9.44. The van der Waals surface area contributed by atoms with Crippen molar-refractivity contribution in [2.75, 3.05) is 13.1 Å². The highest BCUT2D eigenvalue weighted by molar-refractivity contribution is 6.31. The van der Waals surface area contributed by atoms with Crippen LogP contribution in [0.5, 0.6) is 0 Å². The van der Waals surface area contributed by atoms with E-state index in [4.69, 9.17) is 11.6 Å². The number of aromatic nitrogens is 2. The van der Waals surface area contributed by atoms with Crippen molar-refractivity contribution in [2.45, 2.75) is 33.2 Å². The lowest BCUT2D eigenvalue weighted by atomic mass is 9.95. The number of halogens is 1. The van der Waals surface area contributed by atoms with Crippen LogP contribution in [-0.2, 0) is 11.3 Å². The standard InChI is InChI=1S/C20H23ClN4O2/c1-13-11-18(24-14(2)23-13)20(27)25-9-7-15(8-10-25)19(26)22-12-16-5-3-4-6-17(16)21/h3-6,11,15H,7-10,12H2,1-2H3,(H,22,26). The number of carbonyl (C=O) groups is 2. The van der Waals surface area contributed by atoms with Crippen LogP contribution < -0.4 is 5.32 Å². The maximum Gasteiger partial charge on any atom is 0.272 e. The van der Waals surface area contributed by atoms with Gasteiger partial charge in [-0.2, -0.15) is 0 Å². The number of likely N-dealkylation sites (tertiary alicyclic amines) is 1. The van der Waals surface area contributed by atoms with Crippen molar-refractivity contribution < 1.29 is 9.59 Å². The number of carbonyl (C=O) groups excluding carboxylic acids is 2. The van der Waals surface area contributed by atoms with E-state index in [0.29, 0.717) is 49.0 Å². The van der Waals surface area contributed by atoms with Crippen LogP contribution in [-0.4, -0.2) is 39.8 Å². The van der Waals surface area contributed by atoms with Gasteiger partial charge in [-0.3, -0.25) is 9.59 Å². The minimum atomic E-state index is -0.0986. The Hall–Kier alpha value is -2.47. The molecule has 27 heavy (non-hydrogen) atoms. The van der Waals surface area contributed by atoms with E-state index in [1.165, 1.54) is 0 Å². The molecule has 2 amide bonds. The highest BCUT2D eigenvalue weighted by Crippen LogP contribution is 2.20. The van der Waals surface area contributed by atoms with Crippen LogP contribution in [0.3, 0.4) is 0 Å². The summed E-state index contributed by atoms with van der Waals surface area (Å²) in [4.78, 5) is 35.3. The second-order valence-electron chi connectivity index (χ2n) is 6.82. The molecular weight excluding hydrogens is 364 g/mol. The van der Waals surface area contributed by atoms with Crippen LogP contribution in [0.2, 0.25) is 5.02 Å². The minimum Gasteiger partial charge on any atom is -0.352 e. The molecule has 2 aromatic rings. The fourth-order valence-electron chi connectivity index (χ4n) is 3.30. The lowest BCUT2D eigenvalue weighted by molar-refractivity contribution is -0.126. The van der Waals surface area contributed by atoms with E-state index in [1.807, 2.05) is 31.2 Å². The smallest absolute Gasteiger partial charge is 0.272 e. The molecule has 0 bridgehead atoms. The number of aryl methyl sites for hydroxylation is 2. The average molecular weight is 387 g/mol. The molecule has 1 aromatic carbocycles. The maximum atomic E-state index is 12.6. The normalized spacial score (nSPS) is 14.9. The topological polar surface area (TPSA) is 75.2 Å². The Morgan fingerprint density at radius 2 is 1.89 bits per heavy atom. The molecule has 0 spiro atoms. The van der Waals surface area contributed by atoms with Crippen LogP contribution >= 0.6 is 11.6 Å². The zero-order chi connectivity index (χ0) is 19.4. The van der Waals surface area contributed by atoms with Crippen LogP contribution in [0.4, 0.5) is 0 Å². The van der Waals surface area contributed by atoms with E-state index in [9.17, 15) is 9.59 Å². The molecule has 0 aliphatic carbocycles. The van der Waals surface area contributed by atoms with Crippen molar-refractivity contribution in [2.24, 2.45) is 5.92 Å². The van der Waals surface area contributed by atoms with Gasteiger partial charge in [0.05, 0.1) is 0 Å². The molecule has 3 rings (SSSR count). The molecule has 6 nitrogen and oxygen atoms in total. The highest BCUT2D eigenvalue weighted by atomic mass is 35.5. The summed E-state index contributed by atoms with van der Waals surface area (Å²) in [5, 5.41) is 3.60. The van der Waals surface area contributed by atoms with Crippen LogP contribution in [0.15, 0.2) is 30.3 Å². The van der Waals surface area contributed by atoms with Crippen LogP contribution in [0.25, 0.3) is 0 Å². The summed E-state index contributed by atoms with van der Waals surface area (Å²) in [6, 6.07) is 9.17. The molecular formula is C20H23ClN4O2. The first-order valence-electron chi connectivity index (χ1n) is 9.06. The highest BCUT2D eigenvalue weighted by Gasteiger charge is 2.28. The minimum absolute atomic E-state index is 0.00995. The lowest BCUT2D eigenvalue weighted by Crippen LogP contribution is -2.43. The largest absolute Gasteiger partial charge is 0.352 e. The summed E-state index contributed by atoms with van der Waals surface area (Å²) in [6.45, 7) is 5.13. The van der Waals surface area contributed by atoms with Crippen molar-refractivity contribution >= 4 is 23.4 Å². The molecule has 1 saturated heterocycles. The van der Waals surface area contributed by atoms with Gasteiger partial charge >= 0.3 is 0 Å². The number of piperidine rings is 1. The summed E-state index contributed by atoms with van der Waals surface area (Å²) in [5.74, 6) is 0.409. The second kappa shape index (κ2) is 8.48. The first kappa shape index (κ1) is 19.3. The molecule has 0 saturated carbocycles. The fourth-order valence-corrected chi connectivity index (χ4v) is 3.50. The summed E-state index contributed by atoms with van der Waals surface area (Å²) in [6.07, 6.45) is 1.28. The monoisotopic (exact) mass is 386 g/mol. The average Bonchev–Trinajstić information content (AvgIpc) is 2.66. The lowest BCUT2D eigenvalue weighted by Gasteiger charge is -2.31. The maximum absolute atomic E-state index is 12.6. The molecule has 0 unspecified atom stereocenters. The molecule has 7 heteroatoms. The van der Waals surface area contributed by atoms with Gasteiger partial charge in [-0.25, -0.2) is 9.97 Å². The van der Waals surface area contributed by atoms with E-state index >= 15 is 0 Å². The Kier molecular flexibility index (Phi) is 6.06. The van der Waals surface area contributed by atoms with Gasteiger partial charge in [0.15, 0.2) is 0 Å². The Morgan fingerprint density at radius 3 is 2.56 bits per heavy atom. The fraction of sp³-hybridized carbons (Fsp3) is 0.400. The zero-order valence-electron chi connectivity index (χ0n) is 15.5. The van der Waals surface area contributed by atoms with Crippen LogP contribution in [0.1, 0.15) is 40.4 Å². The molecule has 1 aliphatic heterocycles. The Labute approximate surface area is 164 Å². The van der Waals surface area contributed by atoms with Gasteiger partial charge in [0.2, 0.25) is 5.91 Å². The first-order chi connectivity index (χ1) is 12.9. The van der Waals surface area contributed by atoms with Gasteiger partial charge < -0.3 is 10.2 Å². The van der Waals surface area contributed by atoms with Crippen molar-refractivity contribution in [1.82, 2.24) is 20.2 Å². The predicted molar refractivity (Wildman–Crippen MR) is 103 cm³/mol. The van der Waals surface area contributed by atoms with E-state index in [1.54, 1.807) is 17.9 Å². The third kappa shape index (κ3) is 4.83. The van der Waals surface area contributed by atoms with E-state index in [-0.39, 0.29) is 17.7 Å². The molecule has 1 N–H and O–H groups in total. The summed E-state index contributed by atoms with van der Waals surface area (Å²) < 4.78 is 0. The third-order valence-corrected chi connectivity index (χ3v) is 5.12. The molecule has 2 heterocycles. The van der Waals surface area contributed by atoms with Crippen molar-refractivity contribution in [3.05, 3.63) is 58.1 Å². The number of rotatable bonds is 4. The Bertz CT molecular complexity index is 827. The van der Waals surface area contributed by atoms with Gasteiger partial charge in [0, 0.05) is 36.3 Å². The molecule has 0 radical (unpaired) electrons. The molecule has 142 valence electrons. The SMILES string of the molecule is Cc1cc(C(=O)N2CCC(C(=O)NCc3ccccc3Cl)CC2)nc(C)n1.